The monoisotopic (exact) mass is 445 g/mol. The number of nitrogens with one attached hydrogen (secondary N) is 1. The molecule has 1 spiro atoms. The molecule has 2 aromatic heterocycles. The number of nitrogens with zero attached hydrogens (tertiary/aromatic N) is 2. The van der Waals surface area contributed by atoms with Gasteiger partial charge in [0.15, 0.2) is 5.69 Å². The minimum atomic E-state index is -0.487. The molecule has 2 aromatic rings. The smallest absolute Gasteiger partial charge is 0.335 e. The van der Waals surface area contributed by atoms with Crippen molar-refractivity contribution in [2.24, 2.45) is 11.8 Å². The van der Waals surface area contributed by atoms with Crippen LogP contribution in [0.3, 0.4) is 0 Å². The largest absolute Gasteiger partial charge is 0.483 e. The standard InChI is InChI=1S/C20H21N3O6.CH2O2/c1-11-6-15(22-29-11)18(25)21-7-13-14-8-23(10-20(14)5-4-16(13)28-20)19(26)12-2-3-17(24)27-9-12;2-1-3/h2-3,6,9,13-14,16H,4-5,7-8,10H2,1H3,(H,21,25);1H,(H,2,3)/t13-,14+,16+,20+;/m0./s1. The van der Waals surface area contributed by atoms with Gasteiger partial charge in [0, 0.05) is 37.1 Å². The highest BCUT2D eigenvalue weighted by molar-refractivity contribution is 5.94. The summed E-state index contributed by atoms with van der Waals surface area (Å²) in [5.74, 6) is 0.417. The third-order valence-corrected chi connectivity index (χ3v) is 6.38. The van der Waals surface area contributed by atoms with Crippen LogP contribution in [0.15, 0.2) is 38.2 Å². The summed E-state index contributed by atoms with van der Waals surface area (Å²) < 4.78 is 16.1. The Morgan fingerprint density at radius 3 is 2.84 bits per heavy atom. The fourth-order valence-electron chi connectivity index (χ4n) is 5.05. The zero-order chi connectivity index (χ0) is 22.9. The average Bonchev–Trinajstić information content (AvgIpc) is 3.53. The summed E-state index contributed by atoms with van der Waals surface area (Å²) in [6.07, 6.45) is 3.11. The van der Waals surface area contributed by atoms with Crippen molar-refractivity contribution in [1.82, 2.24) is 15.4 Å². The average molecular weight is 445 g/mol. The van der Waals surface area contributed by atoms with E-state index in [0.717, 1.165) is 12.8 Å². The SMILES string of the molecule is Cc1cc(C(=O)NC[C@H]2[C@H]3CN(C(=O)c4ccc(=O)oc4)C[C@]34CC[C@H]2O4)no1.O=CO. The number of hydrogen-bond donors (Lipinski definition) is 2. The first-order chi connectivity index (χ1) is 15.4. The van der Waals surface area contributed by atoms with Crippen LogP contribution in [-0.4, -0.2) is 64.8 Å². The second-order valence-electron chi connectivity index (χ2n) is 8.20. The van der Waals surface area contributed by atoms with Crippen LogP contribution < -0.4 is 10.9 Å². The van der Waals surface area contributed by atoms with E-state index in [2.05, 4.69) is 10.5 Å². The van der Waals surface area contributed by atoms with Crippen molar-refractivity contribution in [3.63, 3.8) is 0 Å². The predicted octanol–water partition coefficient (Wildman–Crippen LogP) is 0.687. The van der Waals surface area contributed by atoms with Gasteiger partial charge in [-0.25, -0.2) is 4.79 Å². The normalized spacial score (nSPS) is 27.4. The van der Waals surface area contributed by atoms with Crippen LogP contribution in [0, 0.1) is 18.8 Å². The Labute approximate surface area is 182 Å². The van der Waals surface area contributed by atoms with Crippen molar-refractivity contribution in [2.45, 2.75) is 31.5 Å². The second kappa shape index (κ2) is 8.58. The first-order valence-corrected chi connectivity index (χ1v) is 10.2. The van der Waals surface area contributed by atoms with Crippen molar-refractivity contribution in [3.8, 4) is 0 Å². The van der Waals surface area contributed by atoms with Gasteiger partial charge in [-0.05, 0) is 25.8 Å². The second-order valence-corrected chi connectivity index (χ2v) is 8.20. The van der Waals surface area contributed by atoms with Gasteiger partial charge in [0.2, 0.25) is 0 Å². The van der Waals surface area contributed by atoms with Crippen LogP contribution in [0.25, 0.3) is 0 Å². The minimum absolute atomic E-state index is 0.0892. The van der Waals surface area contributed by atoms with E-state index in [1.54, 1.807) is 17.9 Å². The molecular weight excluding hydrogens is 422 g/mol. The summed E-state index contributed by atoms with van der Waals surface area (Å²) in [6.45, 7) is 3.01. The van der Waals surface area contributed by atoms with E-state index in [1.807, 2.05) is 0 Å². The summed E-state index contributed by atoms with van der Waals surface area (Å²) in [5, 5.41) is 13.6. The molecule has 11 heteroatoms. The highest BCUT2D eigenvalue weighted by Crippen LogP contribution is 2.54. The molecule has 11 nitrogen and oxygen atoms in total. The van der Waals surface area contributed by atoms with Crippen molar-refractivity contribution in [3.05, 3.63) is 51.9 Å². The van der Waals surface area contributed by atoms with Crippen LogP contribution in [-0.2, 0) is 9.53 Å². The van der Waals surface area contributed by atoms with Gasteiger partial charge in [-0.2, -0.15) is 0 Å². The van der Waals surface area contributed by atoms with Gasteiger partial charge in [0.05, 0.1) is 23.8 Å². The maximum atomic E-state index is 12.8. The van der Waals surface area contributed by atoms with E-state index >= 15 is 0 Å². The van der Waals surface area contributed by atoms with Gasteiger partial charge < -0.3 is 29.0 Å². The third kappa shape index (κ3) is 3.91. The summed E-state index contributed by atoms with van der Waals surface area (Å²) in [4.78, 5) is 46.4. The molecule has 5 rings (SSSR count). The third-order valence-electron chi connectivity index (χ3n) is 6.38. The molecule has 32 heavy (non-hydrogen) atoms. The fourth-order valence-corrected chi connectivity index (χ4v) is 5.05. The number of carbonyl (C=O) groups excluding carboxylic acids is 2. The molecule has 3 fully saturated rings. The van der Waals surface area contributed by atoms with Crippen molar-refractivity contribution in [1.29, 1.82) is 0 Å². The molecule has 0 unspecified atom stereocenters. The van der Waals surface area contributed by atoms with E-state index in [0.29, 0.717) is 31.0 Å². The number of carboxylic acid groups (broad SMARTS) is 1. The lowest BCUT2D eigenvalue weighted by Crippen LogP contribution is -2.42. The molecule has 0 aromatic carbocycles. The Bertz CT molecular complexity index is 1060. The summed E-state index contributed by atoms with van der Waals surface area (Å²) >= 11 is 0. The van der Waals surface area contributed by atoms with E-state index in [4.69, 9.17) is 23.6 Å². The maximum Gasteiger partial charge on any atom is 0.335 e. The van der Waals surface area contributed by atoms with Gasteiger partial charge >= 0.3 is 5.63 Å². The molecule has 0 aliphatic carbocycles. The molecule has 0 radical (unpaired) electrons. The Balaban J connectivity index is 0.000000775. The molecule has 2 bridgehead atoms. The lowest BCUT2D eigenvalue weighted by atomic mass is 9.73. The molecule has 5 heterocycles. The Morgan fingerprint density at radius 2 is 2.19 bits per heavy atom. The Hall–Kier alpha value is -3.47. The molecular formula is C21H23N3O8. The van der Waals surface area contributed by atoms with E-state index in [1.165, 1.54) is 18.4 Å². The summed E-state index contributed by atoms with van der Waals surface area (Å²) in [5.41, 5.74) is -0.231. The molecule has 2 amide bonds. The number of aromatic nitrogens is 1. The first-order valence-electron chi connectivity index (χ1n) is 10.2. The highest BCUT2D eigenvalue weighted by atomic mass is 16.5. The van der Waals surface area contributed by atoms with Crippen LogP contribution in [0.1, 0.15) is 39.4 Å². The van der Waals surface area contributed by atoms with Gasteiger partial charge in [-0.1, -0.05) is 5.16 Å². The maximum absolute atomic E-state index is 12.8. The van der Waals surface area contributed by atoms with Gasteiger partial charge in [-0.15, -0.1) is 0 Å². The number of fused-ring (bicyclic) bond motifs is 1. The van der Waals surface area contributed by atoms with Gasteiger partial charge in [0.1, 0.15) is 12.0 Å². The van der Waals surface area contributed by atoms with E-state index < -0.39 is 5.63 Å². The highest BCUT2D eigenvalue weighted by Gasteiger charge is 2.63. The number of amides is 2. The molecule has 3 aliphatic rings. The minimum Gasteiger partial charge on any atom is -0.483 e. The zero-order valence-electron chi connectivity index (χ0n) is 17.4. The number of likely N-dealkylation sites (tertiary alicyclic amines) is 1. The lowest BCUT2D eigenvalue weighted by molar-refractivity contribution is -0.122. The van der Waals surface area contributed by atoms with Crippen LogP contribution in [0.5, 0.6) is 0 Å². The number of rotatable bonds is 4. The number of aryl methyl sites for hydroxylation is 1. The van der Waals surface area contributed by atoms with E-state index in [9.17, 15) is 14.4 Å². The molecule has 3 saturated heterocycles. The van der Waals surface area contributed by atoms with Gasteiger partial charge in [-0.3, -0.25) is 14.4 Å². The topological polar surface area (TPSA) is 152 Å². The number of hydrogen-bond acceptors (Lipinski definition) is 8. The van der Waals surface area contributed by atoms with Crippen LogP contribution >= 0.6 is 0 Å². The molecule has 4 atom stereocenters. The quantitative estimate of drug-likeness (QED) is 0.647. The van der Waals surface area contributed by atoms with Crippen molar-refractivity contribution >= 4 is 18.3 Å². The summed E-state index contributed by atoms with van der Waals surface area (Å²) in [7, 11) is 0. The molecule has 170 valence electrons. The lowest BCUT2D eigenvalue weighted by Gasteiger charge is -2.29. The first kappa shape index (κ1) is 21.8. The molecule has 0 saturated carbocycles. The Morgan fingerprint density at radius 1 is 1.41 bits per heavy atom. The van der Waals surface area contributed by atoms with Crippen LogP contribution in [0.4, 0.5) is 0 Å². The Kier molecular flexibility index (Phi) is 5.83. The number of ether oxygens (including phenoxy) is 1. The van der Waals surface area contributed by atoms with Crippen LogP contribution in [0.2, 0.25) is 0 Å². The molecule has 2 N–H and O–H groups in total. The zero-order valence-corrected chi connectivity index (χ0v) is 17.4. The predicted molar refractivity (Wildman–Crippen MR) is 107 cm³/mol. The van der Waals surface area contributed by atoms with E-state index in [-0.39, 0.29) is 47.5 Å². The molecule has 3 aliphatic heterocycles. The van der Waals surface area contributed by atoms with Crippen molar-refractivity contribution in [2.75, 3.05) is 19.6 Å². The summed E-state index contributed by atoms with van der Waals surface area (Å²) in [6, 6.07) is 4.33. The van der Waals surface area contributed by atoms with Crippen molar-refractivity contribution < 1.29 is 33.2 Å². The van der Waals surface area contributed by atoms with Gasteiger partial charge in [0.25, 0.3) is 18.3 Å². The fraction of sp³-hybridized carbons (Fsp3) is 0.476. The number of carbonyl (C=O) groups is 3.